The molecule has 3 nitrogen and oxygen atoms in total. The molecule has 0 radical (unpaired) electrons. The quantitative estimate of drug-likeness (QED) is 0.760. The van der Waals surface area contributed by atoms with Crippen LogP contribution in [-0.4, -0.2) is 19.0 Å². The van der Waals surface area contributed by atoms with Gasteiger partial charge in [-0.3, -0.25) is 4.79 Å². The molecule has 0 aliphatic rings. The number of rotatable bonds is 6. The first-order chi connectivity index (χ1) is 8.50. The van der Waals surface area contributed by atoms with E-state index in [1.54, 1.807) is 0 Å². The summed E-state index contributed by atoms with van der Waals surface area (Å²) in [6.45, 7) is 9.69. The molecule has 0 saturated carbocycles. The number of amides is 1. The largest absolute Gasteiger partial charge is 0.325 e. The third-order valence-corrected chi connectivity index (χ3v) is 3.06. The number of anilines is 1. The molecule has 0 heterocycles. The average molecular weight is 248 g/mol. The smallest absolute Gasteiger partial charge is 0.238 e. The fourth-order valence-corrected chi connectivity index (χ4v) is 1.67. The van der Waals surface area contributed by atoms with Crippen LogP contribution in [0, 0.1) is 19.8 Å². The van der Waals surface area contributed by atoms with Gasteiger partial charge in [0.1, 0.15) is 0 Å². The fourth-order valence-electron chi connectivity index (χ4n) is 1.67. The Morgan fingerprint density at radius 3 is 2.67 bits per heavy atom. The van der Waals surface area contributed by atoms with Gasteiger partial charge in [0.15, 0.2) is 0 Å². The van der Waals surface area contributed by atoms with Crippen LogP contribution >= 0.6 is 0 Å². The number of hydrogen-bond donors (Lipinski definition) is 2. The monoisotopic (exact) mass is 248 g/mol. The molecule has 0 fully saturated rings. The molecule has 2 N–H and O–H groups in total. The van der Waals surface area contributed by atoms with Crippen molar-refractivity contribution in [2.24, 2.45) is 5.92 Å². The lowest BCUT2D eigenvalue weighted by Gasteiger charge is -2.11. The number of aryl methyl sites for hydroxylation is 1. The first-order valence-corrected chi connectivity index (χ1v) is 6.57. The second-order valence-corrected chi connectivity index (χ2v) is 5.15. The van der Waals surface area contributed by atoms with Crippen molar-refractivity contribution in [3.8, 4) is 0 Å². The molecule has 1 rings (SSSR count). The summed E-state index contributed by atoms with van der Waals surface area (Å²) in [4.78, 5) is 11.7. The molecule has 0 spiro atoms. The van der Waals surface area contributed by atoms with Crippen LogP contribution in [0.25, 0.3) is 0 Å². The van der Waals surface area contributed by atoms with E-state index in [1.807, 2.05) is 32.0 Å². The lowest BCUT2D eigenvalue weighted by atomic mass is 10.1. The highest BCUT2D eigenvalue weighted by Crippen LogP contribution is 2.17. The summed E-state index contributed by atoms with van der Waals surface area (Å²) >= 11 is 0. The zero-order valence-electron chi connectivity index (χ0n) is 11.8. The summed E-state index contributed by atoms with van der Waals surface area (Å²) in [6.07, 6.45) is 1.09. The molecule has 1 aromatic carbocycles. The van der Waals surface area contributed by atoms with Crippen molar-refractivity contribution in [2.75, 3.05) is 18.4 Å². The molecule has 0 bridgehead atoms. The van der Waals surface area contributed by atoms with E-state index in [9.17, 15) is 4.79 Å². The Hall–Kier alpha value is -1.35. The van der Waals surface area contributed by atoms with Gasteiger partial charge in [-0.2, -0.15) is 0 Å². The molecule has 0 aliphatic carbocycles. The molecule has 0 saturated heterocycles. The van der Waals surface area contributed by atoms with Gasteiger partial charge in [-0.1, -0.05) is 26.0 Å². The summed E-state index contributed by atoms with van der Waals surface area (Å²) < 4.78 is 0. The van der Waals surface area contributed by atoms with E-state index in [1.165, 1.54) is 5.56 Å². The Kier molecular flexibility index (Phi) is 5.86. The average Bonchev–Trinajstić information content (AvgIpc) is 2.30. The summed E-state index contributed by atoms with van der Waals surface area (Å²) in [5.74, 6) is 0.687. The summed E-state index contributed by atoms with van der Waals surface area (Å²) in [5.41, 5.74) is 3.24. The highest BCUT2D eigenvalue weighted by Gasteiger charge is 2.05. The van der Waals surface area contributed by atoms with Gasteiger partial charge >= 0.3 is 0 Å². The molecular formula is C15H24N2O. The van der Waals surface area contributed by atoms with Crippen molar-refractivity contribution in [2.45, 2.75) is 34.1 Å². The zero-order chi connectivity index (χ0) is 13.5. The normalized spacial score (nSPS) is 10.7. The molecule has 1 amide bonds. The predicted octanol–water partition coefficient (Wildman–Crippen LogP) is 2.88. The van der Waals surface area contributed by atoms with Gasteiger partial charge in [-0.25, -0.2) is 0 Å². The van der Waals surface area contributed by atoms with Gasteiger partial charge in [0.2, 0.25) is 5.91 Å². The van der Waals surface area contributed by atoms with Crippen molar-refractivity contribution < 1.29 is 4.79 Å². The summed E-state index contributed by atoms with van der Waals surface area (Å²) in [7, 11) is 0. The topological polar surface area (TPSA) is 41.1 Å². The van der Waals surface area contributed by atoms with Crippen LogP contribution in [0.2, 0.25) is 0 Å². The molecular weight excluding hydrogens is 224 g/mol. The SMILES string of the molecule is Cc1cccc(NC(=O)CNCCC(C)C)c1C. The highest BCUT2D eigenvalue weighted by atomic mass is 16.1. The van der Waals surface area contributed by atoms with Crippen LogP contribution in [0.1, 0.15) is 31.4 Å². The van der Waals surface area contributed by atoms with Crippen LogP contribution < -0.4 is 10.6 Å². The van der Waals surface area contributed by atoms with E-state index in [-0.39, 0.29) is 5.91 Å². The molecule has 0 aliphatic heterocycles. The Bertz CT molecular complexity index is 399. The van der Waals surface area contributed by atoms with Crippen molar-refractivity contribution in [3.63, 3.8) is 0 Å². The van der Waals surface area contributed by atoms with Gasteiger partial charge < -0.3 is 10.6 Å². The lowest BCUT2D eigenvalue weighted by Crippen LogP contribution is -2.29. The predicted molar refractivity (Wildman–Crippen MR) is 76.9 cm³/mol. The first kappa shape index (κ1) is 14.7. The van der Waals surface area contributed by atoms with Gasteiger partial charge in [0, 0.05) is 5.69 Å². The van der Waals surface area contributed by atoms with Crippen LogP contribution in [0.4, 0.5) is 5.69 Å². The van der Waals surface area contributed by atoms with Crippen molar-refractivity contribution in [3.05, 3.63) is 29.3 Å². The highest BCUT2D eigenvalue weighted by molar-refractivity contribution is 5.93. The minimum atomic E-state index is 0.0208. The van der Waals surface area contributed by atoms with Crippen molar-refractivity contribution >= 4 is 11.6 Å². The molecule has 100 valence electrons. The van der Waals surface area contributed by atoms with Crippen molar-refractivity contribution in [1.29, 1.82) is 0 Å². The molecule has 0 unspecified atom stereocenters. The van der Waals surface area contributed by atoms with Crippen LogP contribution in [0.3, 0.4) is 0 Å². The fraction of sp³-hybridized carbons (Fsp3) is 0.533. The maximum absolute atomic E-state index is 11.7. The van der Waals surface area contributed by atoms with Gasteiger partial charge in [0.25, 0.3) is 0 Å². The second-order valence-electron chi connectivity index (χ2n) is 5.15. The minimum absolute atomic E-state index is 0.0208. The maximum Gasteiger partial charge on any atom is 0.238 e. The molecule has 18 heavy (non-hydrogen) atoms. The Morgan fingerprint density at radius 2 is 2.00 bits per heavy atom. The molecule has 3 heteroatoms. The second kappa shape index (κ2) is 7.17. The van der Waals surface area contributed by atoms with Gasteiger partial charge in [-0.05, 0) is 49.9 Å². The minimum Gasteiger partial charge on any atom is -0.325 e. The Balaban J connectivity index is 2.38. The van der Waals surface area contributed by atoms with Gasteiger partial charge in [-0.15, -0.1) is 0 Å². The van der Waals surface area contributed by atoms with Crippen LogP contribution in [0.5, 0.6) is 0 Å². The Labute approximate surface area is 110 Å². The Morgan fingerprint density at radius 1 is 1.28 bits per heavy atom. The van der Waals surface area contributed by atoms with Crippen molar-refractivity contribution in [1.82, 2.24) is 5.32 Å². The van der Waals surface area contributed by atoms with E-state index in [2.05, 4.69) is 24.5 Å². The first-order valence-electron chi connectivity index (χ1n) is 6.57. The van der Waals surface area contributed by atoms with Crippen LogP contribution in [-0.2, 0) is 4.79 Å². The number of carbonyl (C=O) groups excluding carboxylic acids is 1. The van der Waals surface area contributed by atoms with E-state index in [0.717, 1.165) is 24.2 Å². The van der Waals surface area contributed by atoms with E-state index in [0.29, 0.717) is 12.5 Å². The number of carbonyl (C=O) groups is 1. The molecule has 0 atom stereocenters. The maximum atomic E-state index is 11.7. The summed E-state index contributed by atoms with van der Waals surface area (Å²) in [5, 5.41) is 6.10. The molecule has 1 aromatic rings. The third kappa shape index (κ3) is 4.88. The number of benzene rings is 1. The van der Waals surface area contributed by atoms with E-state index in [4.69, 9.17) is 0 Å². The third-order valence-electron chi connectivity index (χ3n) is 3.06. The van der Waals surface area contributed by atoms with Crippen LogP contribution in [0.15, 0.2) is 18.2 Å². The lowest BCUT2D eigenvalue weighted by molar-refractivity contribution is -0.115. The van der Waals surface area contributed by atoms with E-state index >= 15 is 0 Å². The zero-order valence-corrected chi connectivity index (χ0v) is 11.8. The molecule has 0 aromatic heterocycles. The van der Waals surface area contributed by atoms with Gasteiger partial charge in [0.05, 0.1) is 6.54 Å². The number of nitrogens with one attached hydrogen (secondary N) is 2. The standard InChI is InChI=1S/C15H24N2O/c1-11(2)8-9-16-10-15(18)17-14-7-5-6-12(3)13(14)4/h5-7,11,16H,8-10H2,1-4H3,(H,17,18). The van der Waals surface area contributed by atoms with E-state index < -0.39 is 0 Å². The summed E-state index contributed by atoms with van der Waals surface area (Å²) in [6, 6.07) is 5.95. The number of hydrogen-bond acceptors (Lipinski definition) is 2.